The smallest absolute Gasteiger partial charge is 0.324 e. The lowest BCUT2D eigenvalue weighted by atomic mass is 9.98. The van der Waals surface area contributed by atoms with Gasteiger partial charge in [0.15, 0.2) is 0 Å². The number of halogens is 4. The lowest BCUT2D eigenvalue weighted by Crippen LogP contribution is -2.40. The van der Waals surface area contributed by atoms with Crippen LogP contribution in [0.4, 0.5) is 33.7 Å². The third-order valence-electron chi connectivity index (χ3n) is 5.31. The molecule has 0 bridgehead atoms. The van der Waals surface area contributed by atoms with Gasteiger partial charge in [-0.25, -0.2) is 9.18 Å². The van der Waals surface area contributed by atoms with Crippen molar-refractivity contribution in [3.63, 3.8) is 0 Å². The monoisotopic (exact) mass is 493 g/mol. The number of amides is 3. The van der Waals surface area contributed by atoms with Gasteiger partial charge in [0.25, 0.3) is 5.91 Å². The van der Waals surface area contributed by atoms with E-state index in [9.17, 15) is 27.2 Å². The van der Waals surface area contributed by atoms with Crippen LogP contribution < -0.4 is 10.6 Å². The predicted octanol–water partition coefficient (Wildman–Crippen LogP) is 5.36. The zero-order valence-corrected chi connectivity index (χ0v) is 18.4. The fourth-order valence-corrected chi connectivity index (χ4v) is 4.42. The topological polar surface area (TPSA) is 87.2 Å². The Hall–Kier alpha value is -3.54. The normalized spacial score (nSPS) is 14.6. The summed E-state index contributed by atoms with van der Waals surface area (Å²) < 4.78 is 51.6. The van der Waals surface area contributed by atoms with Crippen molar-refractivity contribution < 1.29 is 27.2 Å². The molecule has 0 spiro atoms. The van der Waals surface area contributed by atoms with Gasteiger partial charge >= 0.3 is 12.2 Å². The Balaban J connectivity index is 1.31. The third-order valence-corrected chi connectivity index (χ3v) is 6.39. The van der Waals surface area contributed by atoms with Crippen molar-refractivity contribution in [1.82, 2.24) is 15.1 Å². The Labute approximate surface area is 195 Å². The Bertz CT molecular complexity index is 1170. The van der Waals surface area contributed by atoms with Gasteiger partial charge in [-0.05, 0) is 55.3 Å². The number of nitrogens with zero attached hydrogens (tertiary/aromatic N) is 3. The third kappa shape index (κ3) is 5.68. The number of likely N-dealkylation sites (tertiary alicyclic amines) is 1. The van der Waals surface area contributed by atoms with Gasteiger partial charge in [-0.1, -0.05) is 17.4 Å². The van der Waals surface area contributed by atoms with Crippen molar-refractivity contribution in [2.24, 2.45) is 0 Å². The van der Waals surface area contributed by atoms with E-state index in [0.29, 0.717) is 36.6 Å². The largest absolute Gasteiger partial charge is 0.416 e. The van der Waals surface area contributed by atoms with Crippen LogP contribution in [0.1, 0.15) is 39.1 Å². The fourth-order valence-electron chi connectivity index (χ4n) is 3.51. The highest BCUT2D eigenvalue weighted by molar-refractivity contribution is 7.13. The lowest BCUT2D eigenvalue weighted by molar-refractivity contribution is -0.137. The number of anilines is 2. The first kappa shape index (κ1) is 23.6. The van der Waals surface area contributed by atoms with Gasteiger partial charge in [0.1, 0.15) is 10.8 Å². The van der Waals surface area contributed by atoms with E-state index < -0.39 is 29.5 Å². The maximum atomic E-state index is 13.0. The number of carbonyl (C=O) groups is 2. The molecule has 0 atom stereocenters. The number of aromatic nitrogens is 2. The van der Waals surface area contributed by atoms with Crippen molar-refractivity contribution in [3.8, 4) is 0 Å². The van der Waals surface area contributed by atoms with Gasteiger partial charge in [-0.15, -0.1) is 10.2 Å². The minimum Gasteiger partial charge on any atom is -0.324 e. The van der Waals surface area contributed by atoms with Crippen LogP contribution in [0.15, 0.2) is 48.5 Å². The molecular weight excluding hydrogens is 474 g/mol. The van der Waals surface area contributed by atoms with E-state index >= 15 is 0 Å². The summed E-state index contributed by atoms with van der Waals surface area (Å²) in [5.74, 6) is -0.859. The second-order valence-electron chi connectivity index (χ2n) is 7.68. The van der Waals surface area contributed by atoms with Crippen molar-refractivity contribution in [3.05, 3.63) is 69.9 Å². The highest BCUT2D eigenvalue weighted by atomic mass is 32.1. The molecular formula is C22H19F4N5O2S. The Kier molecular flexibility index (Phi) is 6.77. The molecule has 7 nitrogen and oxygen atoms in total. The molecule has 1 aromatic heterocycles. The molecule has 2 aromatic carbocycles. The van der Waals surface area contributed by atoms with E-state index in [4.69, 9.17) is 0 Å². The van der Waals surface area contributed by atoms with Gasteiger partial charge in [0.2, 0.25) is 5.01 Å². The minimum atomic E-state index is -4.49. The second-order valence-corrected chi connectivity index (χ2v) is 8.69. The average molecular weight is 493 g/mol. The van der Waals surface area contributed by atoms with Gasteiger partial charge in [0.05, 0.1) is 5.56 Å². The number of rotatable bonds is 4. The zero-order valence-electron chi connectivity index (χ0n) is 17.6. The molecule has 0 aliphatic carbocycles. The van der Waals surface area contributed by atoms with Crippen LogP contribution in [0.5, 0.6) is 0 Å². The van der Waals surface area contributed by atoms with Crippen molar-refractivity contribution in [2.45, 2.75) is 24.9 Å². The molecule has 2 heterocycles. The average Bonchev–Trinajstić information content (AvgIpc) is 3.31. The molecule has 3 amide bonds. The number of alkyl halides is 3. The Morgan fingerprint density at radius 2 is 1.68 bits per heavy atom. The predicted molar refractivity (Wildman–Crippen MR) is 118 cm³/mol. The van der Waals surface area contributed by atoms with Gasteiger partial charge in [-0.3, -0.25) is 4.79 Å². The molecule has 1 aliphatic heterocycles. The number of hydrogen-bond donors (Lipinski definition) is 2. The van der Waals surface area contributed by atoms with Gasteiger partial charge in [0, 0.05) is 30.4 Å². The second kappa shape index (κ2) is 9.75. The molecule has 0 radical (unpaired) electrons. The first-order valence-electron chi connectivity index (χ1n) is 10.3. The summed E-state index contributed by atoms with van der Waals surface area (Å²) in [4.78, 5) is 26.4. The molecule has 0 saturated carbocycles. The number of piperidine rings is 1. The van der Waals surface area contributed by atoms with Crippen LogP contribution in [0.2, 0.25) is 0 Å². The van der Waals surface area contributed by atoms with E-state index in [1.807, 2.05) is 0 Å². The number of nitrogens with one attached hydrogen (secondary N) is 2. The first-order chi connectivity index (χ1) is 16.2. The summed E-state index contributed by atoms with van der Waals surface area (Å²) in [7, 11) is 0. The summed E-state index contributed by atoms with van der Waals surface area (Å²) in [5, 5.41) is 14.0. The van der Waals surface area contributed by atoms with Gasteiger partial charge in [-0.2, -0.15) is 13.2 Å². The van der Waals surface area contributed by atoms with Crippen molar-refractivity contribution in [2.75, 3.05) is 23.7 Å². The first-order valence-corrected chi connectivity index (χ1v) is 11.1. The maximum Gasteiger partial charge on any atom is 0.416 e. The summed E-state index contributed by atoms with van der Waals surface area (Å²) in [6.07, 6.45) is -3.34. The Morgan fingerprint density at radius 1 is 0.971 bits per heavy atom. The molecule has 4 rings (SSSR count). The minimum absolute atomic E-state index is 0.00229. The lowest BCUT2D eigenvalue weighted by Gasteiger charge is -2.31. The van der Waals surface area contributed by atoms with Crippen LogP contribution in [0, 0.1) is 5.82 Å². The fraction of sp³-hybridized carbons (Fsp3) is 0.273. The number of carbonyl (C=O) groups excluding carboxylic acids is 2. The molecule has 178 valence electrons. The van der Waals surface area contributed by atoms with Crippen LogP contribution in [0.25, 0.3) is 0 Å². The zero-order chi connectivity index (χ0) is 24.3. The van der Waals surface area contributed by atoms with E-state index in [-0.39, 0.29) is 16.6 Å². The van der Waals surface area contributed by atoms with Crippen LogP contribution in [-0.4, -0.2) is 40.1 Å². The number of urea groups is 1. The molecule has 0 unspecified atom stereocenters. The molecule has 34 heavy (non-hydrogen) atoms. The Morgan fingerprint density at radius 3 is 2.35 bits per heavy atom. The summed E-state index contributed by atoms with van der Waals surface area (Å²) >= 11 is 1.15. The van der Waals surface area contributed by atoms with Crippen LogP contribution in [0.3, 0.4) is 0 Å². The number of hydrogen-bond acceptors (Lipinski definition) is 5. The highest BCUT2D eigenvalue weighted by Crippen LogP contribution is 2.32. The van der Waals surface area contributed by atoms with E-state index in [2.05, 4.69) is 20.8 Å². The molecule has 1 fully saturated rings. The maximum absolute atomic E-state index is 13.0. The van der Waals surface area contributed by atoms with E-state index in [0.717, 1.165) is 23.5 Å². The highest BCUT2D eigenvalue weighted by Gasteiger charge is 2.31. The van der Waals surface area contributed by atoms with Crippen LogP contribution >= 0.6 is 11.3 Å². The molecule has 2 N–H and O–H groups in total. The van der Waals surface area contributed by atoms with Crippen molar-refractivity contribution in [1.29, 1.82) is 0 Å². The standard InChI is InChI=1S/C22H19F4N5O2S/c23-15-4-6-16(7-5-15)27-18(32)20-30-29-19(34-20)13-8-10-31(11-9-13)21(33)28-17-3-1-2-14(12-17)22(24,25)26/h1-7,12-13H,8-11H2,(H,27,32)(H,28,33). The molecule has 1 saturated heterocycles. The molecule has 3 aromatic rings. The van der Waals surface area contributed by atoms with Crippen molar-refractivity contribution >= 4 is 34.6 Å². The quantitative estimate of drug-likeness (QED) is 0.479. The summed E-state index contributed by atoms with van der Waals surface area (Å²) in [6.45, 7) is 0.762. The van der Waals surface area contributed by atoms with Crippen LogP contribution in [-0.2, 0) is 6.18 Å². The molecule has 1 aliphatic rings. The summed E-state index contributed by atoms with van der Waals surface area (Å²) in [5.41, 5.74) is -0.328. The molecule has 12 heteroatoms. The van der Waals surface area contributed by atoms with E-state index in [1.165, 1.54) is 41.3 Å². The van der Waals surface area contributed by atoms with E-state index in [1.54, 1.807) is 0 Å². The number of benzene rings is 2. The SMILES string of the molecule is O=C(Nc1ccc(F)cc1)c1nnc(C2CCN(C(=O)Nc3cccc(C(F)(F)F)c3)CC2)s1. The summed E-state index contributed by atoms with van der Waals surface area (Å²) in [6, 6.07) is 9.35. The van der Waals surface area contributed by atoms with Gasteiger partial charge < -0.3 is 15.5 Å².